The van der Waals surface area contributed by atoms with Gasteiger partial charge in [-0.05, 0) is 31.0 Å². The van der Waals surface area contributed by atoms with Crippen LogP contribution in [0, 0.1) is 11.6 Å². The van der Waals surface area contributed by atoms with Crippen LogP contribution in [0.15, 0.2) is 48.5 Å². The third-order valence-electron chi connectivity index (χ3n) is 5.92. The summed E-state index contributed by atoms with van der Waals surface area (Å²) in [4.78, 5) is 17.3. The van der Waals surface area contributed by atoms with Crippen LogP contribution in [0.1, 0.15) is 42.9 Å². The van der Waals surface area contributed by atoms with Crippen LogP contribution in [-0.2, 0) is 4.79 Å². The molecule has 1 aromatic heterocycles. The Labute approximate surface area is 195 Å². The number of hydrogen-bond donors (Lipinski definition) is 3. The van der Waals surface area contributed by atoms with E-state index < -0.39 is 36.2 Å². The van der Waals surface area contributed by atoms with Crippen LogP contribution < -0.4 is 4.90 Å². The molecular formula is C26H26F2N2O4. The topological polar surface area (TPSA) is 93.9 Å². The summed E-state index contributed by atoms with van der Waals surface area (Å²) in [5.41, 5.74) is 3.18. The van der Waals surface area contributed by atoms with Crippen LogP contribution in [0.25, 0.3) is 17.0 Å². The number of carboxylic acids is 1. The molecule has 2 atom stereocenters. The van der Waals surface area contributed by atoms with Crippen LogP contribution in [0.5, 0.6) is 0 Å². The molecule has 0 bridgehead atoms. The van der Waals surface area contributed by atoms with Crippen molar-refractivity contribution in [3.05, 3.63) is 71.4 Å². The highest BCUT2D eigenvalue weighted by molar-refractivity contribution is 5.99. The summed E-state index contributed by atoms with van der Waals surface area (Å²) in [7, 11) is 1.83. The van der Waals surface area contributed by atoms with Gasteiger partial charge in [0.2, 0.25) is 0 Å². The Morgan fingerprint density at radius 2 is 1.85 bits per heavy atom. The lowest BCUT2D eigenvalue weighted by Crippen LogP contribution is -2.19. The fourth-order valence-electron chi connectivity index (χ4n) is 4.10. The summed E-state index contributed by atoms with van der Waals surface area (Å²) in [6.45, 7) is 0. The Hall–Kier alpha value is -3.36. The number of carbonyl (C=O) groups is 1. The number of para-hydroxylation sites is 1. The molecule has 3 N–H and O–H groups in total. The average Bonchev–Trinajstić information content (AvgIpc) is 3.63. The lowest BCUT2D eigenvalue weighted by atomic mass is 9.99. The van der Waals surface area contributed by atoms with E-state index in [-0.39, 0.29) is 12.3 Å². The van der Waals surface area contributed by atoms with Crippen LogP contribution in [0.2, 0.25) is 0 Å². The molecule has 0 saturated heterocycles. The summed E-state index contributed by atoms with van der Waals surface area (Å²) in [6.07, 6.45) is 2.06. The molecule has 1 heterocycles. The van der Waals surface area contributed by atoms with E-state index in [4.69, 9.17) is 5.11 Å². The number of aliphatic hydroxyl groups excluding tert-OH is 2. The normalized spacial score (nSPS) is 15.6. The molecule has 1 aliphatic carbocycles. The van der Waals surface area contributed by atoms with Crippen molar-refractivity contribution in [1.29, 1.82) is 0 Å². The van der Waals surface area contributed by atoms with E-state index in [0.717, 1.165) is 36.4 Å². The molecule has 1 fully saturated rings. The first-order valence-electron chi connectivity index (χ1n) is 11.1. The van der Waals surface area contributed by atoms with Crippen LogP contribution in [0.3, 0.4) is 0 Å². The smallest absolute Gasteiger partial charge is 0.305 e. The van der Waals surface area contributed by atoms with Crippen molar-refractivity contribution in [2.45, 2.75) is 43.8 Å². The number of fused-ring (bicyclic) bond motifs is 1. The number of nitrogens with zero attached hydrogens (tertiary/aromatic N) is 2. The van der Waals surface area contributed by atoms with Crippen LogP contribution in [-0.4, -0.2) is 45.5 Å². The molecule has 0 radical (unpaired) electrons. The fourth-order valence-corrected chi connectivity index (χ4v) is 4.10. The SMILES string of the molecule is CN(c1ccccc1)c1c(/C=C/[C@@H](O)C[C@@H](O)CC(=O)O)c(C2CC2)nc2cc(F)c(F)cc12. The average molecular weight is 469 g/mol. The van der Waals surface area contributed by atoms with Gasteiger partial charge in [-0.3, -0.25) is 9.78 Å². The molecule has 178 valence electrons. The van der Waals surface area contributed by atoms with Gasteiger partial charge in [-0.1, -0.05) is 30.4 Å². The van der Waals surface area contributed by atoms with E-state index >= 15 is 0 Å². The van der Waals surface area contributed by atoms with Gasteiger partial charge in [0.25, 0.3) is 0 Å². The first-order chi connectivity index (χ1) is 16.2. The molecule has 3 aromatic rings. The van der Waals surface area contributed by atoms with Gasteiger partial charge < -0.3 is 20.2 Å². The van der Waals surface area contributed by atoms with E-state index in [1.54, 1.807) is 6.08 Å². The second-order valence-electron chi connectivity index (χ2n) is 8.63. The maximum absolute atomic E-state index is 14.3. The monoisotopic (exact) mass is 468 g/mol. The van der Waals surface area contributed by atoms with Gasteiger partial charge >= 0.3 is 5.97 Å². The highest BCUT2D eigenvalue weighted by Gasteiger charge is 2.31. The molecule has 34 heavy (non-hydrogen) atoms. The number of hydrogen-bond acceptors (Lipinski definition) is 5. The van der Waals surface area contributed by atoms with Crippen molar-refractivity contribution in [2.24, 2.45) is 0 Å². The molecule has 0 spiro atoms. The third kappa shape index (κ3) is 5.24. The molecule has 8 heteroatoms. The van der Waals surface area contributed by atoms with Gasteiger partial charge in [-0.15, -0.1) is 0 Å². The Kier molecular flexibility index (Phi) is 6.90. The highest BCUT2D eigenvalue weighted by Crippen LogP contribution is 2.46. The molecule has 2 aromatic carbocycles. The minimum Gasteiger partial charge on any atom is -0.481 e. The largest absolute Gasteiger partial charge is 0.481 e. The number of aliphatic carboxylic acids is 1. The summed E-state index contributed by atoms with van der Waals surface area (Å²) in [6, 6.07) is 11.7. The summed E-state index contributed by atoms with van der Waals surface area (Å²) >= 11 is 0. The number of aromatic nitrogens is 1. The fraction of sp³-hybridized carbons (Fsp3) is 0.308. The van der Waals surface area contributed by atoms with Gasteiger partial charge in [0, 0.05) is 42.1 Å². The Morgan fingerprint density at radius 1 is 1.18 bits per heavy atom. The van der Waals surface area contributed by atoms with E-state index in [1.807, 2.05) is 42.3 Å². The number of pyridine rings is 1. The maximum atomic E-state index is 14.3. The van der Waals surface area contributed by atoms with E-state index in [2.05, 4.69) is 4.98 Å². The van der Waals surface area contributed by atoms with E-state index in [0.29, 0.717) is 22.2 Å². The van der Waals surface area contributed by atoms with Crippen molar-refractivity contribution in [1.82, 2.24) is 4.98 Å². The lowest BCUT2D eigenvalue weighted by molar-refractivity contribution is -0.139. The first-order valence-corrected chi connectivity index (χ1v) is 11.1. The predicted octanol–water partition coefficient (Wildman–Crippen LogP) is 4.76. The number of anilines is 2. The van der Waals surface area contributed by atoms with Crippen molar-refractivity contribution in [2.75, 3.05) is 11.9 Å². The van der Waals surface area contributed by atoms with E-state index in [9.17, 15) is 23.8 Å². The van der Waals surface area contributed by atoms with Crippen molar-refractivity contribution < 1.29 is 28.9 Å². The Bertz CT molecular complexity index is 1230. The standard InChI is InChI=1S/C26H26F2N2O4/c1-30(16-5-3-2-4-6-16)26-19(10-9-17(31)11-18(32)12-24(33)34)25(15-7-8-15)29-23-14-22(28)21(27)13-20(23)26/h2-6,9-10,13-15,17-18,31-32H,7-8,11-12H2,1H3,(H,33,34)/b10-9+/t17-,18-/m1/s1. The van der Waals surface area contributed by atoms with Gasteiger partial charge in [0.05, 0.1) is 35.5 Å². The number of carboxylic acid groups (broad SMARTS) is 1. The number of halogens is 2. The quantitative estimate of drug-likeness (QED) is 0.419. The second kappa shape index (κ2) is 9.87. The number of benzene rings is 2. The Morgan fingerprint density at radius 3 is 2.50 bits per heavy atom. The molecule has 6 nitrogen and oxygen atoms in total. The molecule has 1 aliphatic rings. The van der Waals surface area contributed by atoms with Crippen molar-refractivity contribution in [3.8, 4) is 0 Å². The summed E-state index contributed by atoms with van der Waals surface area (Å²) in [5.74, 6) is -2.95. The molecule has 4 rings (SSSR count). The van der Waals surface area contributed by atoms with Gasteiger partial charge in [-0.25, -0.2) is 8.78 Å². The third-order valence-corrected chi connectivity index (χ3v) is 5.92. The number of aliphatic hydroxyl groups is 2. The molecule has 0 aliphatic heterocycles. The molecular weight excluding hydrogens is 442 g/mol. The van der Waals surface area contributed by atoms with Crippen molar-refractivity contribution >= 4 is 34.3 Å². The maximum Gasteiger partial charge on any atom is 0.305 e. The van der Waals surface area contributed by atoms with Gasteiger partial charge in [0.15, 0.2) is 11.6 Å². The molecule has 0 unspecified atom stereocenters. The second-order valence-corrected chi connectivity index (χ2v) is 8.63. The van der Waals surface area contributed by atoms with Gasteiger partial charge in [-0.2, -0.15) is 0 Å². The van der Waals surface area contributed by atoms with E-state index in [1.165, 1.54) is 6.08 Å². The Balaban J connectivity index is 1.84. The zero-order valence-corrected chi connectivity index (χ0v) is 18.7. The lowest BCUT2D eigenvalue weighted by Gasteiger charge is -2.25. The predicted molar refractivity (Wildman–Crippen MR) is 126 cm³/mol. The first kappa shape index (κ1) is 23.8. The summed E-state index contributed by atoms with van der Waals surface area (Å²) < 4.78 is 28.4. The number of rotatable bonds is 9. The minimum atomic E-state index is -1.20. The van der Waals surface area contributed by atoms with Gasteiger partial charge in [0.1, 0.15) is 0 Å². The summed E-state index contributed by atoms with van der Waals surface area (Å²) in [5, 5.41) is 29.5. The molecule has 1 saturated carbocycles. The van der Waals surface area contributed by atoms with Crippen molar-refractivity contribution in [3.63, 3.8) is 0 Å². The zero-order valence-electron chi connectivity index (χ0n) is 18.7. The highest BCUT2D eigenvalue weighted by atomic mass is 19.2. The molecule has 0 amide bonds. The van der Waals surface area contributed by atoms with Crippen LogP contribution in [0.4, 0.5) is 20.2 Å². The van der Waals surface area contributed by atoms with Crippen LogP contribution >= 0.6 is 0 Å². The zero-order chi connectivity index (χ0) is 24.4. The minimum absolute atomic E-state index is 0.147.